The highest BCUT2D eigenvalue weighted by Gasteiger charge is 2.41. The van der Waals surface area contributed by atoms with E-state index in [1.165, 1.54) is 31.5 Å². The van der Waals surface area contributed by atoms with Gasteiger partial charge < -0.3 is 14.8 Å². The van der Waals surface area contributed by atoms with Crippen molar-refractivity contribution in [2.45, 2.75) is 101 Å². The van der Waals surface area contributed by atoms with Crippen LogP contribution < -0.4 is 10.1 Å². The fourth-order valence-electron chi connectivity index (χ4n) is 7.64. The number of rotatable bonds is 11. The Morgan fingerprint density at radius 3 is 2.26 bits per heavy atom. The summed E-state index contributed by atoms with van der Waals surface area (Å²) < 4.78 is 40.4. The minimum absolute atomic E-state index is 0.0528. The number of ether oxygens (including phenoxy) is 2. The zero-order valence-electron chi connectivity index (χ0n) is 26.1. The molecule has 5 rings (SSSR count). The van der Waals surface area contributed by atoms with Gasteiger partial charge in [0.1, 0.15) is 12.4 Å². The Hall–Kier alpha value is -2.46. The van der Waals surface area contributed by atoms with Crippen LogP contribution in [0.1, 0.15) is 74.5 Å². The monoisotopic (exact) mass is 611 g/mol. The normalized spacial score (nSPS) is 25.5. The van der Waals surface area contributed by atoms with E-state index in [1.54, 1.807) is 23.5 Å². The smallest absolute Gasteiger partial charge is 0.246 e. The van der Waals surface area contributed by atoms with Crippen LogP contribution in [0, 0.1) is 13.8 Å². The van der Waals surface area contributed by atoms with Gasteiger partial charge in [-0.2, -0.15) is 4.31 Å². The van der Waals surface area contributed by atoms with Crippen molar-refractivity contribution in [2.75, 3.05) is 40.0 Å². The number of benzene rings is 2. The van der Waals surface area contributed by atoms with Crippen LogP contribution >= 0.6 is 0 Å². The van der Waals surface area contributed by atoms with E-state index < -0.39 is 10.0 Å². The lowest BCUT2D eigenvalue weighted by atomic mass is 9.74. The predicted molar refractivity (Wildman–Crippen MR) is 169 cm³/mol. The Labute approximate surface area is 258 Å². The van der Waals surface area contributed by atoms with Gasteiger partial charge >= 0.3 is 0 Å². The topological polar surface area (TPSA) is 88.2 Å². The summed E-state index contributed by atoms with van der Waals surface area (Å²) in [6, 6.07) is 14.2. The number of methoxy groups -OCH3 is 1. The lowest BCUT2D eigenvalue weighted by Crippen LogP contribution is -2.54. The number of sulfonamides is 1. The number of amides is 1. The Morgan fingerprint density at radius 1 is 0.953 bits per heavy atom. The van der Waals surface area contributed by atoms with Crippen LogP contribution in [-0.4, -0.2) is 81.1 Å². The summed E-state index contributed by atoms with van der Waals surface area (Å²) in [5.74, 6) is 0.531. The van der Waals surface area contributed by atoms with Crippen molar-refractivity contribution in [3.63, 3.8) is 0 Å². The van der Waals surface area contributed by atoms with Gasteiger partial charge in [-0.15, -0.1) is 0 Å². The fourth-order valence-corrected chi connectivity index (χ4v) is 9.73. The van der Waals surface area contributed by atoms with Gasteiger partial charge in [0, 0.05) is 24.2 Å². The molecular formula is C34H49N3O5S. The lowest BCUT2D eigenvalue weighted by Gasteiger charge is -2.47. The molecule has 1 saturated carbocycles. The molecule has 0 aromatic heterocycles. The Bertz CT molecular complexity index is 1310. The van der Waals surface area contributed by atoms with Crippen molar-refractivity contribution in [1.29, 1.82) is 0 Å². The van der Waals surface area contributed by atoms with Crippen LogP contribution in [0.4, 0.5) is 0 Å². The largest absolute Gasteiger partial charge is 0.497 e. The zero-order chi connectivity index (χ0) is 30.5. The van der Waals surface area contributed by atoms with E-state index in [-0.39, 0.29) is 36.7 Å². The average molecular weight is 612 g/mol. The highest BCUT2D eigenvalue weighted by atomic mass is 32.2. The first-order valence-electron chi connectivity index (χ1n) is 16.0. The number of nitrogens with zero attached hydrogens (tertiary/aromatic N) is 2. The quantitative estimate of drug-likeness (QED) is 0.385. The van der Waals surface area contributed by atoms with Crippen LogP contribution in [0.15, 0.2) is 47.4 Å². The molecule has 0 radical (unpaired) electrons. The Morgan fingerprint density at radius 2 is 1.60 bits per heavy atom. The number of likely N-dealkylation sites (tertiary alicyclic amines) is 1. The predicted octanol–water partition coefficient (Wildman–Crippen LogP) is 5.01. The number of piperidine rings is 1. The number of carbonyl (C=O) groups excluding carboxylic acids is 1. The molecule has 3 aliphatic rings. The van der Waals surface area contributed by atoms with E-state index in [0.717, 1.165) is 51.4 Å². The van der Waals surface area contributed by atoms with Gasteiger partial charge in [-0.1, -0.05) is 36.8 Å². The standard InChI is InChI=1S/C34H49N3O5S/c1-26-21-31(41-3)22-27(2)33(26)43(39,40)37-20-8-7-13-30(37)24-42-25-32(38)35-29-14-16-34(17-15-29,36-18-9-10-19-36)23-28-11-5-4-6-12-28/h4-6,11-12,21-22,29-30H,7-10,13-20,23-25H2,1-3H3,(H,35,38). The van der Waals surface area contributed by atoms with E-state index in [4.69, 9.17) is 9.47 Å². The maximum Gasteiger partial charge on any atom is 0.246 e. The van der Waals surface area contributed by atoms with Crippen molar-refractivity contribution in [3.8, 4) is 5.75 Å². The van der Waals surface area contributed by atoms with Gasteiger partial charge in [-0.05, 0) is 114 Å². The van der Waals surface area contributed by atoms with Gasteiger partial charge in [0.2, 0.25) is 15.9 Å². The first kappa shape index (κ1) is 31.9. The van der Waals surface area contributed by atoms with E-state index in [9.17, 15) is 13.2 Å². The van der Waals surface area contributed by atoms with E-state index in [0.29, 0.717) is 28.3 Å². The highest BCUT2D eigenvalue weighted by molar-refractivity contribution is 7.89. The molecule has 1 unspecified atom stereocenters. The fraction of sp³-hybridized carbons (Fsp3) is 0.618. The first-order chi connectivity index (χ1) is 20.7. The number of hydrogen-bond donors (Lipinski definition) is 1. The third-order valence-electron chi connectivity index (χ3n) is 9.79. The SMILES string of the molecule is COc1cc(C)c(S(=O)(=O)N2CCCCC2COCC(=O)NC2CCC(Cc3ccccc3)(N3CCCC3)CC2)c(C)c1. The van der Waals surface area contributed by atoms with Crippen LogP contribution in [0.25, 0.3) is 0 Å². The van der Waals surface area contributed by atoms with Gasteiger partial charge in [0.15, 0.2) is 0 Å². The van der Waals surface area contributed by atoms with Gasteiger partial charge in [-0.25, -0.2) is 8.42 Å². The van der Waals surface area contributed by atoms with Gasteiger partial charge in [-0.3, -0.25) is 9.69 Å². The molecule has 1 aliphatic carbocycles. The molecule has 1 N–H and O–H groups in total. The maximum atomic E-state index is 13.8. The minimum atomic E-state index is -3.72. The summed E-state index contributed by atoms with van der Waals surface area (Å²) in [6.45, 7) is 6.57. The molecule has 236 valence electrons. The third kappa shape index (κ3) is 7.44. The molecule has 2 heterocycles. The summed E-state index contributed by atoms with van der Waals surface area (Å²) in [4.78, 5) is 16.0. The Kier molecular flexibility index (Phi) is 10.5. The average Bonchev–Trinajstić information content (AvgIpc) is 3.55. The second-order valence-electron chi connectivity index (χ2n) is 12.8. The summed E-state index contributed by atoms with van der Waals surface area (Å²) in [5.41, 5.74) is 2.91. The van der Waals surface area contributed by atoms with Crippen LogP contribution in [0.5, 0.6) is 5.75 Å². The lowest BCUT2D eigenvalue weighted by molar-refractivity contribution is -0.127. The molecule has 2 aromatic rings. The third-order valence-corrected chi connectivity index (χ3v) is 12.0. The van der Waals surface area contributed by atoms with Gasteiger partial charge in [0.25, 0.3) is 0 Å². The van der Waals surface area contributed by atoms with Crippen molar-refractivity contribution in [2.24, 2.45) is 0 Å². The van der Waals surface area contributed by atoms with Crippen LogP contribution in [0.3, 0.4) is 0 Å². The molecule has 43 heavy (non-hydrogen) atoms. The summed E-state index contributed by atoms with van der Waals surface area (Å²) in [5, 5.41) is 3.22. The van der Waals surface area contributed by atoms with Crippen molar-refractivity contribution < 1.29 is 22.7 Å². The first-order valence-corrected chi connectivity index (χ1v) is 17.5. The van der Waals surface area contributed by atoms with Crippen LogP contribution in [-0.2, 0) is 26.0 Å². The molecule has 1 atom stereocenters. The number of hydrogen-bond acceptors (Lipinski definition) is 6. The van der Waals surface area contributed by atoms with E-state index in [2.05, 4.69) is 40.5 Å². The van der Waals surface area contributed by atoms with Gasteiger partial charge in [0.05, 0.1) is 18.6 Å². The number of nitrogens with one attached hydrogen (secondary N) is 1. The number of carbonyl (C=O) groups is 1. The second kappa shape index (κ2) is 14.1. The Balaban J connectivity index is 1.14. The van der Waals surface area contributed by atoms with Crippen molar-refractivity contribution in [3.05, 3.63) is 59.2 Å². The number of aryl methyl sites for hydroxylation is 2. The molecule has 2 aromatic carbocycles. The van der Waals surface area contributed by atoms with Crippen molar-refractivity contribution in [1.82, 2.24) is 14.5 Å². The molecule has 2 aliphatic heterocycles. The molecule has 0 bridgehead atoms. The maximum absolute atomic E-state index is 13.8. The molecule has 9 heteroatoms. The summed E-state index contributed by atoms with van der Waals surface area (Å²) in [7, 11) is -2.14. The van der Waals surface area contributed by atoms with Crippen molar-refractivity contribution >= 4 is 15.9 Å². The molecule has 3 fully saturated rings. The molecule has 8 nitrogen and oxygen atoms in total. The second-order valence-corrected chi connectivity index (χ2v) is 14.6. The summed E-state index contributed by atoms with van der Waals surface area (Å²) in [6.07, 6.45) is 10.2. The van der Waals surface area contributed by atoms with E-state index in [1.807, 2.05) is 13.8 Å². The summed E-state index contributed by atoms with van der Waals surface area (Å²) >= 11 is 0. The van der Waals surface area contributed by atoms with Crippen LogP contribution in [0.2, 0.25) is 0 Å². The highest BCUT2D eigenvalue weighted by Crippen LogP contribution is 2.39. The van der Waals surface area contributed by atoms with E-state index >= 15 is 0 Å². The minimum Gasteiger partial charge on any atom is -0.497 e. The molecule has 1 amide bonds. The molecule has 0 spiro atoms. The zero-order valence-corrected chi connectivity index (χ0v) is 27.0. The molecular weight excluding hydrogens is 562 g/mol. The molecule has 2 saturated heterocycles.